The van der Waals surface area contributed by atoms with Gasteiger partial charge in [0, 0.05) is 12.1 Å². The van der Waals surface area contributed by atoms with Crippen LogP contribution in [-0.2, 0) is 18.1 Å². The van der Waals surface area contributed by atoms with Crippen LogP contribution in [0.5, 0.6) is 0 Å². The number of aromatic nitrogens is 2. The van der Waals surface area contributed by atoms with Gasteiger partial charge in [0.25, 0.3) is 0 Å². The Balaban J connectivity index is 1.63. The highest BCUT2D eigenvalue weighted by Gasteiger charge is 2.32. The zero-order valence-corrected chi connectivity index (χ0v) is 18.7. The Bertz CT molecular complexity index is 1270. The molecule has 0 atom stereocenters. The molecular formula is C25H23ClF3N3. The third kappa shape index (κ3) is 4.60. The van der Waals surface area contributed by atoms with E-state index in [0.29, 0.717) is 16.5 Å². The molecule has 3 nitrogen and oxygen atoms in total. The van der Waals surface area contributed by atoms with Crippen LogP contribution >= 0.6 is 11.6 Å². The minimum absolute atomic E-state index is 0.00602. The second-order valence-electron chi connectivity index (χ2n) is 8.77. The molecule has 0 radical (unpaired) electrons. The van der Waals surface area contributed by atoms with Crippen molar-refractivity contribution >= 4 is 28.3 Å². The van der Waals surface area contributed by atoms with E-state index in [9.17, 15) is 13.2 Å². The summed E-state index contributed by atoms with van der Waals surface area (Å²) in [6, 6.07) is 17.0. The van der Waals surface area contributed by atoms with E-state index in [2.05, 4.69) is 48.2 Å². The minimum Gasteiger partial charge on any atom is -0.380 e. The second-order valence-corrected chi connectivity index (χ2v) is 9.18. The van der Waals surface area contributed by atoms with E-state index in [1.807, 2.05) is 12.1 Å². The quantitative estimate of drug-likeness (QED) is 0.328. The summed E-state index contributed by atoms with van der Waals surface area (Å²) in [5.74, 6) is 0.668. The van der Waals surface area contributed by atoms with Crippen LogP contribution < -0.4 is 5.32 Å². The van der Waals surface area contributed by atoms with Crippen molar-refractivity contribution in [2.24, 2.45) is 0 Å². The highest BCUT2D eigenvalue weighted by Crippen LogP contribution is 2.34. The third-order valence-corrected chi connectivity index (χ3v) is 5.71. The van der Waals surface area contributed by atoms with Crippen molar-refractivity contribution in [3.8, 4) is 11.4 Å². The number of hydrogen-bond acceptors (Lipinski definition) is 2. The highest BCUT2D eigenvalue weighted by atomic mass is 35.5. The van der Waals surface area contributed by atoms with Gasteiger partial charge in [-0.1, -0.05) is 56.6 Å². The highest BCUT2D eigenvalue weighted by molar-refractivity contribution is 6.33. The first kappa shape index (κ1) is 22.2. The average Bonchev–Trinajstić information content (AvgIpc) is 3.15. The first-order valence-electron chi connectivity index (χ1n) is 10.2. The summed E-state index contributed by atoms with van der Waals surface area (Å²) in [4.78, 5) is 8.01. The van der Waals surface area contributed by atoms with Crippen LogP contribution in [0.2, 0.25) is 5.02 Å². The van der Waals surface area contributed by atoms with Crippen molar-refractivity contribution in [3.05, 3.63) is 82.4 Å². The van der Waals surface area contributed by atoms with Gasteiger partial charge < -0.3 is 10.3 Å². The molecule has 3 aromatic carbocycles. The molecule has 0 saturated heterocycles. The van der Waals surface area contributed by atoms with Gasteiger partial charge in [-0.3, -0.25) is 0 Å². The van der Waals surface area contributed by atoms with E-state index in [0.717, 1.165) is 22.7 Å². The monoisotopic (exact) mass is 457 g/mol. The Labute approximate surface area is 189 Å². The first-order chi connectivity index (χ1) is 15.0. The molecule has 0 aliphatic heterocycles. The fourth-order valence-corrected chi connectivity index (χ4v) is 3.75. The van der Waals surface area contributed by atoms with Crippen molar-refractivity contribution in [3.63, 3.8) is 0 Å². The molecule has 7 heteroatoms. The van der Waals surface area contributed by atoms with Gasteiger partial charge in [0.05, 0.1) is 27.3 Å². The summed E-state index contributed by atoms with van der Waals surface area (Å²) in [5, 5.41) is 3.46. The Morgan fingerprint density at radius 2 is 1.72 bits per heavy atom. The molecule has 0 unspecified atom stereocenters. The number of fused-ring (bicyclic) bond motifs is 1. The van der Waals surface area contributed by atoms with Crippen LogP contribution in [0.15, 0.2) is 60.7 Å². The van der Waals surface area contributed by atoms with Crippen LogP contribution in [0, 0.1) is 0 Å². The number of benzene rings is 3. The molecular weight excluding hydrogens is 435 g/mol. The van der Waals surface area contributed by atoms with Crippen LogP contribution in [-0.4, -0.2) is 9.97 Å². The van der Waals surface area contributed by atoms with Crippen molar-refractivity contribution in [2.45, 2.75) is 38.9 Å². The maximum atomic E-state index is 13.3. The van der Waals surface area contributed by atoms with Gasteiger partial charge in [-0.15, -0.1) is 0 Å². The van der Waals surface area contributed by atoms with E-state index in [4.69, 9.17) is 11.6 Å². The number of imidazole rings is 1. The summed E-state index contributed by atoms with van der Waals surface area (Å²) in [6.07, 6.45) is -4.41. The number of alkyl halides is 3. The van der Waals surface area contributed by atoms with Gasteiger partial charge >= 0.3 is 6.18 Å². The molecule has 0 spiro atoms. The number of anilines is 1. The van der Waals surface area contributed by atoms with Crippen LogP contribution in [0.1, 0.15) is 37.5 Å². The minimum atomic E-state index is -4.41. The number of nitrogens with zero attached hydrogens (tertiary/aromatic N) is 1. The molecule has 0 amide bonds. The molecule has 4 rings (SSSR count). The Kier molecular flexibility index (Phi) is 5.67. The zero-order valence-electron chi connectivity index (χ0n) is 17.9. The summed E-state index contributed by atoms with van der Waals surface area (Å²) in [7, 11) is 0. The smallest absolute Gasteiger partial charge is 0.380 e. The fourth-order valence-electron chi connectivity index (χ4n) is 3.56. The third-order valence-electron chi connectivity index (χ3n) is 5.38. The van der Waals surface area contributed by atoms with Crippen LogP contribution in [0.4, 0.5) is 18.9 Å². The van der Waals surface area contributed by atoms with Gasteiger partial charge in [-0.25, -0.2) is 4.98 Å². The van der Waals surface area contributed by atoms with Gasteiger partial charge in [0.2, 0.25) is 0 Å². The summed E-state index contributed by atoms with van der Waals surface area (Å²) in [5.41, 5.74) is 3.80. The predicted molar refractivity (Wildman–Crippen MR) is 124 cm³/mol. The SMILES string of the molecule is CC(C)(C)c1ccc2nc(-c3ccc(Cl)c(NCc4ccccc4C(F)(F)F)c3)[nH]c2c1. The lowest BCUT2D eigenvalue weighted by atomic mass is 9.87. The molecule has 2 N–H and O–H groups in total. The molecule has 1 heterocycles. The predicted octanol–water partition coefficient (Wildman–Crippen LogP) is 7.81. The van der Waals surface area contributed by atoms with Gasteiger partial charge in [-0.2, -0.15) is 13.2 Å². The molecule has 0 aliphatic carbocycles. The van der Waals surface area contributed by atoms with Gasteiger partial charge in [0.1, 0.15) is 5.82 Å². The number of halogens is 4. The van der Waals surface area contributed by atoms with Gasteiger partial charge in [0.15, 0.2) is 0 Å². The number of nitrogens with one attached hydrogen (secondary N) is 2. The van der Waals surface area contributed by atoms with Crippen LogP contribution in [0.25, 0.3) is 22.4 Å². The van der Waals surface area contributed by atoms with Crippen LogP contribution in [0.3, 0.4) is 0 Å². The average molecular weight is 458 g/mol. The van der Waals surface area contributed by atoms with Crippen molar-refractivity contribution in [1.29, 1.82) is 0 Å². The maximum Gasteiger partial charge on any atom is 0.416 e. The molecule has 166 valence electrons. The molecule has 4 aromatic rings. The normalized spacial score (nSPS) is 12.3. The Hall–Kier alpha value is -2.99. The van der Waals surface area contributed by atoms with Crippen molar-refractivity contribution < 1.29 is 13.2 Å². The van der Waals surface area contributed by atoms with E-state index >= 15 is 0 Å². The lowest BCUT2D eigenvalue weighted by Gasteiger charge is -2.18. The van der Waals surface area contributed by atoms with Crippen molar-refractivity contribution in [1.82, 2.24) is 9.97 Å². The molecule has 0 saturated carbocycles. The number of aromatic amines is 1. The van der Waals surface area contributed by atoms with E-state index in [1.54, 1.807) is 18.2 Å². The van der Waals surface area contributed by atoms with Crippen molar-refractivity contribution in [2.75, 3.05) is 5.32 Å². The Morgan fingerprint density at radius 3 is 2.44 bits per heavy atom. The summed E-state index contributed by atoms with van der Waals surface area (Å²) < 4.78 is 39.8. The number of hydrogen-bond donors (Lipinski definition) is 2. The number of H-pyrrole nitrogens is 1. The molecule has 1 aromatic heterocycles. The standard InChI is InChI=1S/C25H23ClF3N3/c1-24(2,3)17-9-11-20-22(13-17)32-23(31-20)15-8-10-19(26)21(12-15)30-14-16-6-4-5-7-18(16)25(27,28)29/h4-13,30H,14H2,1-3H3,(H,31,32). The molecule has 0 bridgehead atoms. The van der Waals surface area contributed by atoms with E-state index < -0.39 is 11.7 Å². The summed E-state index contributed by atoms with van der Waals surface area (Å²) >= 11 is 6.31. The number of rotatable bonds is 4. The maximum absolute atomic E-state index is 13.3. The zero-order chi connectivity index (χ0) is 23.1. The Morgan fingerprint density at radius 1 is 0.969 bits per heavy atom. The largest absolute Gasteiger partial charge is 0.416 e. The molecule has 0 fully saturated rings. The lowest BCUT2D eigenvalue weighted by molar-refractivity contribution is -0.138. The van der Waals surface area contributed by atoms with Gasteiger partial charge in [-0.05, 0) is 52.9 Å². The molecule has 0 aliphatic rings. The van der Waals surface area contributed by atoms with E-state index in [-0.39, 0.29) is 17.5 Å². The molecule has 32 heavy (non-hydrogen) atoms. The second kappa shape index (κ2) is 8.17. The fraction of sp³-hybridized carbons (Fsp3) is 0.240. The lowest BCUT2D eigenvalue weighted by Crippen LogP contribution is -2.11. The van der Waals surface area contributed by atoms with E-state index in [1.165, 1.54) is 17.7 Å². The first-order valence-corrected chi connectivity index (χ1v) is 10.6. The topological polar surface area (TPSA) is 40.7 Å². The summed E-state index contributed by atoms with van der Waals surface area (Å²) in [6.45, 7) is 6.45.